The summed E-state index contributed by atoms with van der Waals surface area (Å²) in [6.07, 6.45) is 1.35. The van der Waals surface area contributed by atoms with Crippen molar-refractivity contribution in [3.63, 3.8) is 0 Å². The van der Waals surface area contributed by atoms with Crippen molar-refractivity contribution in [2.24, 2.45) is 11.8 Å². The Kier molecular flexibility index (Phi) is 3.87. The van der Waals surface area contributed by atoms with Crippen molar-refractivity contribution in [3.05, 3.63) is 0 Å². The summed E-state index contributed by atoms with van der Waals surface area (Å²) in [5.74, 6) is 1.74. The van der Waals surface area contributed by atoms with Gasteiger partial charge in [0.05, 0.1) is 0 Å². The van der Waals surface area contributed by atoms with E-state index in [0.717, 1.165) is 11.8 Å². The zero-order valence-electron chi connectivity index (χ0n) is 7.69. The standard InChI is InChI=1S/C9H20N2/c1-8(2)5-10-4-3-9-6-11-7-9/h8-11H,3-7H2,1-2H3. The molecule has 0 atom stereocenters. The summed E-state index contributed by atoms with van der Waals surface area (Å²) >= 11 is 0. The van der Waals surface area contributed by atoms with Gasteiger partial charge in [-0.3, -0.25) is 0 Å². The Morgan fingerprint density at radius 3 is 2.64 bits per heavy atom. The average molecular weight is 156 g/mol. The largest absolute Gasteiger partial charge is 0.316 e. The van der Waals surface area contributed by atoms with E-state index in [9.17, 15) is 0 Å². The molecule has 1 rings (SSSR count). The quantitative estimate of drug-likeness (QED) is 0.576. The van der Waals surface area contributed by atoms with Crippen LogP contribution in [0.4, 0.5) is 0 Å². The topological polar surface area (TPSA) is 24.1 Å². The molecule has 0 aliphatic carbocycles. The molecule has 1 heterocycles. The van der Waals surface area contributed by atoms with Gasteiger partial charge in [-0.15, -0.1) is 0 Å². The van der Waals surface area contributed by atoms with E-state index in [0.29, 0.717) is 0 Å². The van der Waals surface area contributed by atoms with Crippen LogP contribution in [0.3, 0.4) is 0 Å². The number of hydrogen-bond acceptors (Lipinski definition) is 2. The molecule has 11 heavy (non-hydrogen) atoms. The summed E-state index contributed by atoms with van der Waals surface area (Å²) in [6.45, 7) is 9.34. The van der Waals surface area contributed by atoms with Crippen molar-refractivity contribution in [1.29, 1.82) is 0 Å². The van der Waals surface area contributed by atoms with Gasteiger partial charge in [-0.2, -0.15) is 0 Å². The zero-order chi connectivity index (χ0) is 8.10. The molecular weight excluding hydrogens is 136 g/mol. The molecule has 66 valence electrons. The van der Waals surface area contributed by atoms with Crippen LogP contribution in [0.25, 0.3) is 0 Å². The first kappa shape index (κ1) is 9.01. The molecule has 0 unspecified atom stereocenters. The Bertz CT molecular complexity index is 97.7. The van der Waals surface area contributed by atoms with Crippen LogP contribution in [0.2, 0.25) is 0 Å². The molecule has 0 radical (unpaired) electrons. The number of rotatable bonds is 5. The summed E-state index contributed by atoms with van der Waals surface area (Å²) in [5, 5.41) is 6.74. The van der Waals surface area contributed by atoms with Crippen LogP contribution in [-0.2, 0) is 0 Å². The lowest BCUT2D eigenvalue weighted by Gasteiger charge is -2.27. The van der Waals surface area contributed by atoms with Gasteiger partial charge < -0.3 is 10.6 Å². The fourth-order valence-corrected chi connectivity index (χ4v) is 1.25. The fraction of sp³-hybridized carbons (Fsp3) is 1.00. The highest BCUT2D eigenvalue weighted by Crippen LogP contribution is 2.06. The molecule has 0 aromatic heterocycles. The molecule has 0 amide bonds. The van der Waals surface area contributed by atoms with Crippen LogP contribution in [0.1, 0.15) is 20.3 Å². The van der Waals surface area contributed by atoms with Gasteiger partial charge in [0.15, 0.2) is 0 Å². The van der Waals surface area contributed by atoms with Gasteiger partial charge in [-0.1, -0.05) is 13.8 Å². The van der Waals surface area contributed by atoms with Crippen LogP contribution in [-0.4, -0.2) is 26.2 Å². The van der Waals surface area contributed by atoms with Crippen molar-refractivity contribution in [3.8, 4) is 0 Å². The van der Waals surface area contributed by atoms with E-state index < -0.39 is 0 Å². The molecule has 0 saturated carbocycles. The molecule has 1 aliphatic rings. The molecule has 1 saturated heterocycles. The summed E-state index contributed by atoms with van der Waals surface area (Å²) in [7, 11) is 0. The van der Waals surface area contributed by atoms with Crippen LogP contribution in [0.15, 0.2) is 0 Å². The molecule has 0 aromatic carbocycles. The lowest BCUT2D eigenvalue weighted by molar-refractivity contribution is 0.320. The highest BCUT2D eigenvalue weighted by molar-refractivity contribution is 4.74. The molecule has 2 heteroatoms. The highest BCUT2D eigenvalue weighted by atomic mass is 15.0. The van der Waals surface area contributed by atoms with Gasteiger partial charge in [0.1, 0.15) is 0 Å². The summed E-state index contributed by atoms with van der Waals surface area (Å²) in [5.41, 5.74) is 0. The minimum absolute atomic E-state index is 0.787. The lowest BCUT2D eigenvalue weighted by Crippen LogP contribution is -2.43. The molecule has 2 N–H and O–H groups in total. The second-order valence-electron chi connectivity index (χ2n) is 3.91. The van der Waals surface area contributed by atoms with Gasteiger partial charge in [-0.25, -0.2) is 0 Å². The van der Waals surface area contributed by atoms with E-state index in [2.05, 4.69) is 24.5 Å². The third kappa shape index (κ3) is 3.73. The Morgan fingerprint density at radius 1 is 1.45 bits per heavy atom. The van der Waals surface area contributed by atoms with Crippen molar-refractivity contribution >= 4 is 0 Å². The van der Waals surface area contributed by atoms with E-state index in [1.807, 2.05) is 0 Å². The summed E-state index contributed by atoms with van der Waals surface area (Å²) in [4.78, 5) is 0. The van der Waals surface area contributed by atoms with E-state index in [1.54, 1.807) is 0 Å². The van der Waals surface area contributed by atoms with Gasteiger partial charge in [0, 0.05) is 0 Å². The minimum Gasteiger partial charge on any atom is -0.316 e. The lowest BCUT2D eigenvalue weighted by atomic mass is 9.99. The maximum atomic E-state index is 3.46. The second kappa shape index (κ2) is 4.73. The SMILES string of the molecule is CC(C)CNCCC1CNC1. The van der Waals surface area contributed by atoms with Crippen molar-refractivity contribution in [1.82, 2.24) is 10.6 Å². The van der Waals surface area contributed by atoms with E-state index in [-0.39, 0.29) is 0 Å². The van der Waals surface area contributed by atoms with Gasteiger partial charge in [-0.05, 0) is 44.4 Å². The molecule has 0 bridgehead atoms. The van der Waals surface area contributed by atoms with Crippen LogP contribution >= 0.6 is 0 Å². The molecule has 1 aliphatic heterocycles. The normalized spacial score (nSPS) is 18.8. The van der Waals surface area contributed by atoms with Gasteiger partial charge in [0.2, 0.25) is 0 Å². The fourth-order valence-electron chi connectivity index (χ4n) is 1.25. The maximum absolute atomic E-state index is 3.46. The Morgan fingerprint density at radius 2 is 2.18 bits per heavy atom. The van der Waals surface area contributed by atoms with E-state index in [4.69, 9.17) is 0 Å². The maximum Gasteiger partial charge on any atom is -0.000778 e. The predicted molar refractivity (Wildman–Crippen MR) is 48.7 cm³/mol. The predicted octanol–water partition coefficient (Wildman–Crippen LogP) is 0.842. The summed E-state index contributed by atoms with van der Waals surface area (Å²) in [6, 6.07) is 0. The zero-order valence-corrected chi connectivity index (χ0v) is 7.69. The molecular formula is C9H20N2. The van der Waals surface area contributed by atoms with Crippen molar-refractivity contribution in [2.45, 2.75) is 20.3 Å². The number of hydrogen-bond donors (Lipinski definition) is 2. The smallest absolute Gasteiger partial charge is 0.000778 e. The average Bonchev–Trinajstić information content (AvgIpc) is 1.82. The summed E-state index contributed by atoms with van der Waals surface area (Å²) < 4.78 is 0. The number of nitrogens with one attached hydrogen (secondary N) is 2. The Balaban J connectivity index is 1.80. The van der Waals surface area contributed by atoms with Gasteiger partial charge >= 0.3 is 0 Å². The molecule has 0 spiro atoms. The first-order valence-corrected chi connectivity index (χ1v) is 4.70. The van der Waals surface area contributed by atoms with Crippen LogP contribution in [0.5, 0.6) is 0 Å². The molecule has 2 nitrogen and oxygen atoms in total. The first-order chi connectivity index (χ1) is 5.29. The van der Waals surface area contributed by atoms with Crippen LogP contribution in [0, 0.1) is 11.8 Å². The van der Waals surface area contributed by atoms with E-state index >= 15 is 0 Å². The van der Waals surface area contributed by atoms with Crippen LogP contribution < -0.4 is 10.6 Å². The minimum atomic E-state index is 0.787. The monoisotopic (exact) mass is 156 g/mol. The Hall–Kier alpha value is -0.0800. The van der Waals surface area contributed by atoms with E-state index in [1.165, 1.54) is 32.6 Å². The second-order valence-corrected chi connectivity index (χ2v) is 3.91. The third-order valence-electron chi connectivity index (χ3n) is 2.15. The Labute approximate surface area is 69.8 Å². The van der Waals surface area contributed by atoms with Crippen molar-refractivity contribution in [2.75, 3.05) is 26.2 Å². The third-order valence-corrected chi connectivity index (χ3v) is 2.15. The highest BCUT2D eigenvalue weighted by Gasteiger charge is 2.15. The molecule has 1 fully saturated rings. The molecule has 0 aromatic rings. The van der Waals surface area contributed by atoms with Crippen molar-refractivity contribution < 1.29 is 0 Å². The first-order valence-electron chi connectivity index (χ1n) is 4.70. The van der Waals surface area contributed by atoms with Gasteiger partial charge in [0.25, 0.3) is 0 Å².